The van der Waals surface area contributed by atoms with E-state index in [4.69, 9.17) is 4.74 Å². The lowest BCUT2D eigenvalue weighted by Crippen LogP contribution is -2.32. The summed E-state index contributed by atoms with van der Waals surface area (Å²) >= 11 is 0. The van der Waals surface area contributed by atoms with Gasteiger partial charge in [-0.05, 0) is 24.6 Å². The molecule has 0 aliphatic carbocycles. The molecule has 4 nitrogen and oxygen atoms in total. The van der Waals surface area contributed by atoms with Gasteiger partial charge in [0.2, 0.25) is 0 Å². The highest BCUT2D eigenvalue weighted by atomic mass is 16.5. The van der Waals surface area contributed by atoms with Gasteiger partial charge in [-0.1, -0.05) is 13.0 Å². The minimum absolute atomic E-state index is 0.474. The van der Waals surface area contributed by atoms with Gasteiger partial charge in [-0.3, -0.25) is 0 Å². The van der Waals surface area contributed by atoms with E-state index in [1.54, 1.807) is 0 Å². The van der Waals surface area contributed by atoms with Crippen LogP contribution in [0.1, 0.15) is 18.9 Å². The van der Waals surface area contributed by atoms with Gasteiger partial charge in [-0.2, -0.15) is 0 Å². The number of pyridine rings is 1. The maximum atomic E-state index is 5.40. The van der Waals surface area contributed by atoms with Crippen molar-refractivity contribution in [3.63, 3.8) is 0 Å². The third-order valence-corrected chi connectivity index (χ3v) is 3.20. The zero-order valence-electron chi connectivity index (χ0n) is 10.6. The largest absolute Gasteiger partial charge is 0.379 e. The van der Waals surface area contributed by atoms with Crippen molar-refractivity contribution < 1.29 is 4.74 Å². The van der Waals surface area contributed by atoms with Crippen LogP contribution in [0.15, 0.2) is 18.3 Å². The molecule has 1 saturated heterocycles. The monoisotopic (exact) mass is 235 g/mol. The van der Waals surface area contributed by atoms with Gasteiger partial charge in [0.15, 0.2) is 0 Å². The molecule has 94 valence electrons. The second kappa shape index (κ2) is 5.98. The van der Waals surface area contributed by atoms with Crippen molar-refractivity contribution in [1.82, 2.24) is 10.3 Å². The zero-order chi connectivity index (χ0) is 12.1. The molecule has 1 unspecified atom stereocenters. The van der Waals surface area contributed by atoms with Gasteiger partial charge >= 0.3 is 0 Å². The molecular formula is C13H21N3O. The van der Waals surface area contributed by atoms with Crippen LogP contribution >= 0.6 is 0 Å². The van der Waals surface area contributed by atoms with Crippen molar-refractivity contribution in [3.05, 3.63) is 23.9 Å². The third kappa shape index (κ3) is 3.17. The number of likely N-dealkylation sites (N-methyl/N-ethyl adjacent to an activating group) is 1. The lowest BCUT2D eigenvalue weighted by Gasteiger charge is -2.24. The van der Waals surface area contributed by atoms with Crippen LogP contribution in [0.2, 0.25) is 0 Å². The van der Waals surface area contributed by atoms with Crippen LogP contribution in [0.25, 0.3) is 0 Å². The Hall–Kier alpha value is -1.13. The summed E-state index contributed by atoms with van der Waals surface area (Å²) < 4.78 is 5.40. The van der Waals surface area contributed by atoms with E-state index in [0.717, 1.165) is 38.5 Å². The van der Waals surface area contributed by atoms with Crippen LogP contribution in [-0.2, 0) is 11.3 Å². The van der Waals surface area contributed by atoms with Gasteiger partial charge in [-0.15, -0.1) is 0 Å². The predicted molar refractivity (Wildman–Crippen MR) is 69.2 cm³/mol. The number of rotatable bonds is 5. The average molecular weight is 235 g/mol. The Balaban J connectivity index is 1.96. The van der Waals surface area contributed by atoms with Gasteiger partial charge in [0.05, 0.1) is 12.6 Å². The van der Waals surface area contributed by atoms with Crippen LogP contribution in [-0.4, -0.2) is 37.8 Å². The zero-order valence-corrected chi connectivity index (χ0v) is 10.6. The van der Waals surface area contributed by atoms with E-state index in [1.165, 1.54) is 5.56 Å². The molecule has 1 aromatic rings. The number of hydrogen-bond acceptors (Lipinski definition) is 4. The molecule has 1 atom stereocenters. The van der Waals surface area contributed by atoms with E-state index in [0.29, 0.717) is 6.04 Å². The molecule has 1 fully saturated rings. The fraction of sp³-hybridized carbons (Fsp3) is 0.615. The molecule has 2 heterocycles. The number of aromatic nitrogens is 1. The maximum Gasteiger partial charge on any atom is 0.128 e. The van der Waals surface area contributed by atoms with Crippen molar-refractivity contribution in [2.75, 3.05) is 31.7 Å². The second-order valence-electron chi connectivity index (χ2n) is 4.43. The molecule has 0 amide bonds. The minimum atomic E-state index is 0.474. The molecule has 0 spiro atoms. The summed E-state index contributed by atoms with van der Waals surface area (Å²) in [5.74, 6) is 1.03. The summed E-state index contributed by atoms with van der Waals surface area (Å²) in [6.45, 7) is 5.67. The van der Waals surface area contributed by atoms with E-state index in [9.17, 15) is 0 Å². The van der Waals surface area contributed by atoms with Crippen LogP contribution in [0.3, 0.4) is 0 Å². The third-order valence-electron chi connectivity index (χ3n) is 3.20. The Morgan fingerprint density at radius 1 is 1.53 bits per heavy atom. The van der Waals surface area contributed by atoms with E-state index >= 15 is 0 Å². The number of ether oxygens (including phenoxy) is 1. The lowest BCUT2D eigenvalue weighted by atomic mass is 10.2. The summed E-state index contributed by atoms with van der Waals surface area (Å²) in [4.78, 5) is 6.72. The van der Waals surface area contributed by atoms with Crippen molar-refractivity contribution in [1.29, 1.82) is 0 Å². The normalized spacial score (nSPS) is 19.5. The fourth-order valence-electron chi connectivity index (χ4n) is 2.01. The molecule has 1 aliphatic rings. The highest BCUT2D eigenvalue weighted by Gasteiger charge is 2.20. The molecule has 17 heavy (non-hydrogen) atoms. The molecule has 1 aliphatic heterocycles. The van der Waals surface area contributed by atoms with Crippen molar-refractivity contribution in [2.45, 2.75) is 25.9 Å². The minimum Gasteiger partial charge on any atom is -0.379 e. The van der Waals surface area contributed by atoms with Gasteiger partial charge in [0, 0.05) is 26.4 Å². The molecule has 0 saturated carbocycles. The first kappa shape index (κ1) is 12.3. The molecule has 0 aromatic carbocycles. The Morgan fingerprint density at radius 2 is 2.41 bits per heavy atom. The smallest absolute Gasteiger partial charge is 0.128 e. The highest BCUT2D eigenvalue weighted by Crippen LogP contribution is 2.17. The number of nitrogens with one attached hydrogen (secondary N) is 1. The summed E-state index contributed by atoms with van der Waals surface area (Å²) in [7, 11) is 2.09. The van der Waals surface area contributed by atoms with Crippen LogP contribution < -0.4 is 10.2 Å². The molecule has 0 radical (unpaired) electrons. The maximum absolute atomic E-state index is 5.40. The van der Waals surface area contributed by atoms with Crippen LogP contribution in [0, 0.1) is 0 Å². The average Bonchev–Trinajstić information content (AvgIpc) is 2.90. The Labute approximate surface area is 103 Å². The number of hydrogen-bond donors (Lipinski definition) is 1. The molecule has 0 bridgehead atoms. The first-order chi connectivity index (χ1) is 8.31. The molecular weight excluding hydrogens is 214 g/mol. The Morgan fingerprint density at radius 3 is 3.00 bits per heavy atom. The highest BCUT2D eigenvalue weighted by molar-refractivity contribution is 5.39. The van der Waals surface area contributed by atoms with E-state index < -0.39 is 0 Å². The molecule has 4 heteroatoms. The van der Waals surface area contributed by atoms with Crippen LogP contribution in [0.5, 0.6) is 0 Å². The Bertz CT molecular complexity index is 333. The predicted octanol–water partition coefficient (Wildman–Crippen LogP) is 1.42. The topological polar surface area (TPSA) is 37.4 Å². The fourth-order valence-corrected chi connectivity index (χ4v) is 2.01. The summed E-state index contributed by atoms with van der Waals surface area (Å²) in [5, 5.41) is 3.29. The Kier molecular flexibility index (Phi) is 4.34. The quantitative estimate of drug-likeness (QED) is 0.837. The second-order valence-corrected chi connectivity index (χ2v) is 4.43. The molecule has 1 aromatic heterocycles. The first-order valence-electron chi connectivity index (χ1n) is 6.27. The standard InChI is InChI=1S/C13H21N3O/c1-3-14-8-11-4-5-13(15-9-11)16(2)12-6-7-17-10-12/h4-5,9,12,14H,3,6-8,10H2,1-2H3. The molecule has 2 rings (SSSR count). The summed E-state index contributed by atoms with van der Waals surface area (Å²) in [5.41, 5.74) is 1.23. The van der Waals surface area contributed by atoms with Crippen molar-refractivity contribution in [2.24, 2.45) is 0 Å². The number of nitrogens with zero attached hydrogens (tertiary/aromatic N) is 2. The van der Waals surface area contributed by atoms with Gasteiger partial charge in [0.25, 0.3) is 0 Å². The van der Waals surface area contributed by atoms with E-state index in [-0.39, 0.29) is 0 Å². The van der Waals surface area contributed by atoms with Crippen LogP contribution in [0.4, 0.5) is 5.82 Å². The van der Waals surface area contributed by atoms with Gasteiger partial charge in [0.1, 0.15) is 5.82 Å². The van der Waals surface area contributed by atoms with Crippen molar-refractivity contribution >= 4 is 5.82 Å². The molecule has 1 N–H and O–H groups in total. The lowest BCUT2D eigenvalue weighted by molar-refractivity contribution is 0.193. The number of anilines is 1. The van der Waals surface area contributed by atoms with Gasteiger partial charge in [-0.25, -0.2) is 4.98 Å². The SMILES string of the molecule is CCNCc1ccc(N(C)C2CCOC2)nc1. The summed E-state index contributed by atoms with van der Waals surface area (Å²) in [6.07, 6.45) is 3.04. The van der Waals surface area contributed by atoms with Crippen molar-refractivity contribution in [3.8, 4) is 0 Å². The first-order valence-corrected chi connectivity index (χ1v) is 6.27. The van der Waals surface area contributed by atoms with E-state index in [1.807, 2.05) is 6.20 Å². The van der Waals surface area contributed by atoms with E-state index in [2.05, 4.69) is 41.3 Å². The van der Waals surface area contributed by atoms with Gasteiger partial charge < -0.3 is 15.0 Å². The summed E-state index contributed by atoms with van der Waals surface area (Å²) in [6, 6.07) is 4.70.